The third-order valence-electron chi connectivity index (χ3n) is 5.58. The summed E-state index contributed by atoms with van der Waals surface area (Å²) >= 11 is 0. The molecule has 1 aromatic heterocycles. The van der Waals surface area contributed by atoms with Crippen LogP contribution in [0.4, 0.5) is 0 Å². The van der Waals surface area contributed by atoms with Gasteiger partial charge in [-0.1, -0.05) is 30.3 Å². The minimum absolute atomic E-state index is 0.275. The van der Waals surface area contributed by atoms with Crippen LogP contribution in [0.2, 0.25) is 0 Å². The van der Waals surface area contributed by atoms with Gasteiger partial charge in [0.05, 0.1) is 0 Å². The molecular formula is C19H26N6O. The van der Waals surface area contributed by atoms with Gasteiger partial charge in [-0.25, -0.2) is 4.68 Å². The molecule has 0 saturated carbocycles. The fourth-order valence-electron chi connectivity index (χ4n) is 4.23. The summed E-state index contributed by atoms with van der Waals surface area (Å²) in [6.07, 6.45) is 5.38. The standard InChI is InChI=1S/C19H26N6O/c26-19(7-4-10-25-15-20-21-22-25)24-13-17-8-9-18(14-24)23(12-17)11-16-5-2-1-3-6-16/h1-3,5-6,15,17-18H,4,7-14H2/t17-,18-/m0/s1. The predicted molar refractivity (Wildman–Crippen MR) is 97.0 cm³/mol. The van der Waals surface area contributed by atoms with Crippen LogP contribution in [0.3, 0.4) is 0 Å². The summed E-state index contributed by atoms with van der Waals surface area (Å²) < 4.78 is 1.68. The normalized spacial score (nSPS) is 23.2. The first kappa shape index (κ1) is 17.1. The number of benzene rings is 1. The zero-order valence-electron chi connectivity index (χ0n) is 15.1. The molecule has 5 rings (SSSR count). The Balaban J connectivity index is 1.32. The number of carbonyl (C=O) groups is 1. The molecule has 3 aliphatic rings. The third kappa shape index (κ3) is 4.09. The van der Waals surface area contributed by atoms with E-state index in [2.05, 4.69) is 55.7 Å². The number of aryl methyl sites for hydroxylation is 1. The molecule has 0 radical (unpaired) electrons. The first-order valence-corrected chi connectivity index (χ1v) is 9.54. The summed E-state index contributed by atoms with van der Waals surface area (Å²) in [6, 6.07) is 11.1. The van der Waals surface area contributed by atoms with Crippen LogP contribution >= 0.6 is 0 Å². The number of fused-ring (bicyclic) bond motifs is 4. The average Bonchev–Trinajstić information content (AvgIpc) is 3.01. The number of aromatic nitrogens is 4. The first-order valence-electron chi connectivity index (χ1n) is 9.54. The number of amides is 1. The van der Waals surface area contributed by atoms with Crippen LogP contribution in [0, 0.1) is 5.92 Å². The van der Waals surface area contributed by atoms with Crippen molar-refractivity contribution in [3.63, 3.8) is 0 Å². The first-order chi connectivity index (χ1) is 12.8. The van der Waals surface area contributed by atoms with Crippen molar-refractivity contribution in [3.05, 3.63) is 42.2 Å². The molecule has 0 spiro atoms. The quantitative estimate of drug-likeness (QED) is 0.788. The van der Waals surface area contributed by atoms with E-state index < -0.39 is 0 Å². The molecule has 0 aliphatic carbocycles. The van der Waals surface area contributed by atoms with E-state index in [1.165, 1.54) is 18.4 Å². The Bertz CT molecular complexity index is 704. The van der Waals surface area contributed by atoms with Gasteiger partial charge < -0.3 is 4.90 Å². The Morgan fingerprint density at radius 2 is 2.00 bits per heavy atom. The van der Waals surface area contributed by atoms with Gasteiger partial charge in [0.2, 0.25) is 5.91 Å². The number of piperidine rings is 1. The van der Waals surface area contributed by atoms with Crippen LogP contribution in [0.15, 0.2) is 36.7 Å². The highest BCUT2D eigenvalue weighted by molar-refractivity contribution is 5.76. The molecular weight excluding hydrogens is 328 g/mol. The second-order valence-electron chi connectivity index (χ2n) is 7.49. The summed E-state index contributed by atoms with van der Waals surface area (Å²) in [5.41, 5.74) is 1.36. The molecule has 26 heavy (non-hydrogen) atoms. The van der Waals surface area contributed by atoms with Crippen molar-refractivity contribution in [2.24, 2.45) is 5.92 Å². The van der Waals surface area contributed by atoms with Gasteiger partial charge in [-0.15, -0.1) is 5.10 Å². The lowest BCUT2D eigenvalue weighted by Crippen LogP contribution is -2.43. The maximum absolute atomic E-state index is 12.7. The highest BCUT2D eigenvalue weighted by Crippen LogP contribution is 2.29. The Hall–Kier alpha value is -2.28. The summed E-state index contributed by atoms with van der Waals surface area (Å²) in [5.74, 6) is 0.873. The molecule has 0 N–H and O–H groups in total. The smallest absolute Gasteiger partial charge is 0.222 e. The van der Waals surface area contributed by atoms with Crippen molar-refractivity contribution in [2.75, 3.05) is 19.6 Å². The Morgan fingerprint density at radius 3 is 2.81 bits per heavy atom. The molecule has 3 saturated heterocycles. The van der Waals surface area contributed by atoms with Gasteiger partial charge in [0.1, 0.15) is 6.33 Å². The predicted octanol–water partition coefficient (Wildman–Crippen LogP) is 1.58. The molecule has 138 valence electrons. The lowest BCUT2D eigenvalue weighted by molar-refractivity contribution is -0.131. The number of tetrazole rings is 1. The lowest BCUT2D eigenvalue weighted by atomic mass is 9.94. The van der Waals surface area contributed by atoms with Crippen molar-refractivity contribution in [1.29, 1.82) is 0 Å². The average molecular weight is 354 g/mol. The Labute approximate surface area is 154 Å². The van der Waals surface area contributed by atoms with Gasteiger partial charge >= 0.3 is 0 Å². The molecule has 3 aliphatic heterocycles. The highest BCUT2D eigenvalue weighted by Gasteiger charge is 2.36. The zero-order chi connectivity index (χ0) is 17.8. The molecule has 1 aromatic carbocycles. The maximum Gasteiger partial charge on any atom is 0.222 e. The van der Waals surface area contributed by atoms with E-state index in [1.807, 2.05) is 0 Å². The van der Waals surface area contributed by atoms with Crippen molar-refractivity contribution in [3.8, 4) is 0 Å². The van der Waals surface area contributed by atoms with Gasteiger partial charge in [-0.05, 0) is 41.2 Å². The van der Waals surface area contributed by atoms with Crippen molar-refractivity contribution in [1.82, 2.24) is 30.0 Å². The fraction of sp³-hybridized carbons (Fsp3) is 0.579. The van der Waals surface area contributed by atoms with Gasteiger partial charge in [0.15, 0.2) is 0 Å². The van der Waals surface area contributed by atoms with Gasteiger partial charge in [-0.2, -0.15) is 0 Å². The SMILES string of the molecule is O=C(CCCn1cnnn1)N1C[C@H]2CC[C@@H](C1)N(Cc1ccccc1)C2. The van der Waals surface area contributed by atoms with Gasteiger partial charge in [0.25, 0.3) is 0 Å². The Morgan fingerprint density at radius 1 is 1.12 bits per heavy atom. The van der Waals surface area contributed by atoms with E-state index in [0.717, 1.165) is 32.6 Å². The minimum atomic E-state index is 0.275. The van der Waals surface area contributed by atoms with Crippen molar-refractivity contribution >= 4 is 5.91 Å². The molecule has 0 unspecified atom stereocenters. The fourth-order valence-corrected chi connectivity index (χ4v) is 4.23. The molecule has 2 atom stereocenters. The van der Waals surface area contributed by atoms with Crippen LogP contribution < -0.4 is 0 Å². The molecule has 7 heteroatoms. The topological polar surface area (TPSA) is 67.2 Å². The molecule has 7 nitrogen and oxygen atoms in total. The minimum Gasteiger partial charge on any atom is -0.341 e. The second-order valence-corrected chi connectivity index (χ2v) is 7.49. The number of hydrogen-bond acceptors (Lipinski definition) is 5. The summed E-state index contributed by atoms with van der Waals surface area (Å²) in [4.78, 5) is 17.4. The third-order valence-corrected chi connectivity index (χ3v) is 5.58. The highest BCUT2D eigenvalue weighted by atomic mass is 16.2. The zero-order valence-corrected chi connectivity index (χ0v) is 15.1. The van der Waals surface area contributed by atoms with Crippen LogP contribution in [0.25, 0.3) is 0 Å². The monoisotopic (exact) mass is 354 g/mol. The van der Waals surface area contributed by atoms with Crippen LogP contribution in [0.1, 0.15) is 31.2 Å². The van der Waals surface area contributed by atoms with Crippen molar-refractivity contribution in [2.45, 2.75) is 44.8 Å². The van der Waals surface area contributed by atoms with E-state index in [0.29, 0.717) is 24.9 Å². The molecule has 2 bridgehead atoms. The van der Waals surface area contributed by atoms with Crippen LogP contribution in [0.5, 0.6) is 0 Å². The van der Waals surface area contributed by atoms with Gasteiger partial charge in [0, 0.05) is 45.2 Å². The molecule has 3 fully saturated rings. The maximum atomic E-state index is 12.7. The largest absolute Gasteiger partial charge is 0.341 e. The molecule has 4 heterocycles. The lowest BCUT2D eigenvalue weighted by Gasteiger charge is -2.36. The number of rotatable bonds is 6. The Kier molecular flexibility index (Phi) is 5.24. The van der Waals surface area contributed by atoms with E-state index in [4.69, 9.17) is 0 Å². The van der Waals surface area contributed by atoms with E-state index >= 15 is 0 Å². The molecule has 1 amide bonds. The number of nitrogens with zero attached hydrogens (tertiary/aromatic N) is 6. The van der Waals surface area contributed by atoms with Crippen LogP contribution in [-0.2, 0) is 17.9 Å². The summed E-state index contributed by atoms with van der Waals surface area (Å²) in [6.45, 7) is 4.56. The van der Waals surface area contributed by atoms with Crippen LogP contribution in [-0.4, -0.2) is 61.6 Å². The summed E-state index contributed by atoms with van der Waals surface area (Å²) in [7, 11) is 0. The summed E-state index contributed by atoms with van der Waals surface area (Å²) in [5, 5.41) is 11.1. The van der Waals surface area contributed by atoms with E-state index in [9.17, 15) is 4.79 Å². The number of hydrogen-bond donors (Lipinski definition) is 0. The van der Waals surface area contributed by atoms with Gasteiger partial charge in [-0.3, -0.25) is 9.69 Å². The van der Waals surface area contributed by atoms with E-state index in [1.54, 1.807) is 11.0 Å². The van der Waals surface area contributed by atoms with Crippen molar-refractivity contribution < 1.29 is 4.79 Å². The molecule has 2 aromatic rings. The number of carbonyl (C=O) groups excluding carboxylic acids is 1. The van der Waals surface area contributed by atoms with E-state index in [-0.39, 0.29) is 5.91 Å². The second kappa shape index (κ2) is 7.95.